The minimum atomic E-state index is -0.346. The topological polar surface area (TPSA) is 69.0 Å². The molecule has 0 saturated heterocycles. The molecule has 90 valence electrons. The number of hydrogen-bond donors (Lipinski definition) is 1. The fourth-order valence-electron chi connectivity index (χ4n) is 1.19. The second-order valence-corrected chi connectivity index (χ2v) is 4.94. The lowest BCUT2D eigenvalue weighted by molar-refractivity contribution is 0.0606. The number of carbonyl (C=O) groups excluding carboxylic acids is 1. The highest BCUT2D eigenvalue weighted by Gasteiger charge is 2.11. The maximum Gasteiger partial charge on any atom is 0.348 e. The Morgan fingerprint density at radius 3 is 2.88 bits per heavy atom. The van der Waals surface area contributed by atoms with Gasteiger partial charge in [-0.2, -0.15) is 4.80 Å². The van der Waals surface area contributed by atoms with Gasteiger partial charge in [-0.15, -0.1) is 21.5 Å². The number of methoxy groups -OCH3 is 1. The average molecular weight is 317 g/mol. The van der Waals surface area contributed by atoms with Gasteiger partial charge in [0, 0.05) is 7.05 Å². The molecule has 0 amide bonds. The first-order valence-electron chi connectivity index (χ1n) is 4.62. The number of hydrogen-bond acceptors (Lipinski definition) is 6. The third-order valence-electron chi connectivity index (χ3n) is 1.91. The summed E-state index contributed by atoms with van der Waals surface area (Å²) in [6, 6.07) is 3.49. The molecule has 8 heteroatoms. The van der Waals surface area contributed by atoms with Crippen LogP contribution in [-0.4, -0.2) is 28.1 Å². The lowest BCUT2D eigenvalue weighted by Gasteiger charge is -1.97. The number of ether oxygens (including phenoxy) is 1. The summed E-state index contributed by atoms with van der Waals surface area (Å²) in [5.74, 6) is 0.257. The van der Waals surface area contributed by atoms with E-state index in [2.05, 4.69) is 36.2 Å². The highest BCUT2D eigenvalue weighted by atomic mass is 79.9. The molecule has 17 heavy (non-hydrogen) atoms. The molecule has 0 fully saturated rings. The predicted molar refractivity (Wildman–Crippen MR) is 67.6 cm³/mol. The van der Waals surface area contributed by atoms with Gasteiger partial charge in [0.1, 0.15) is 4.88 Å². The third kappa shape index (κ3) is 2.64. The summed E-state index contributed by atoms with van der Waals surface area (Å²) in [6.45, 7) is 0. The zero-order chi connectivity index (χ0) is 12.4. The van der Waals surface area contributed by atoms with Crippen molar-refractivity contribution in [1.82, 2.24) is 15.0 Å². The summed E-state index contributed by atoms with van der Waals surface area (Å²) in [6.07, 6.45) is 0. The number of aromatic nitrogens is 3. The Morgan fingerprint density at radius 2 is 2.29 bits per heavy atom. The first kappa shape index (κ1) is 12.1. The fourth-order valence-corrected chi connectivity index (χ4v) is 2.42. The van der Waals surface area contributed by atoms with E-state index in [1.54, 1.807) is 19.2 Å². The lowest BCUT2D eigenvalue weighted by Crippen LogP contribution is -1.96. The molecule has 0 bridgehead atoms. The molecule has 0 atom stereocenters. The van der Waals surface area contributed by atoms with Crippen LogP contribution in [0.2, 0.25) is 0 Å². The Morgan fingerprint density at radius 1 is 1.53 bits per heavy atom. The van der Waals surface area contributed by atoms with Crippen molar-refractivity contribution >= 4 is 44.1 Å². The Hall–Kier alpha value is -1.41. The van der Waals surface area contributed by atoms with Gasteiger partial charge in [0.05, 0.1) is 12.1 Å². The number of esters is 1. The molecule has 0 saturated carbocycles. The van der Waals surface area contributed by atoms with Crippen LogP contribution in [0.1, 0.15) is 9.67 Å². The Balaban J connectivity index is 2.17. The van der Waals surface area contributed by atoms with Gasteiger partial charge in [0.15, 0.2) is 10.4 Å². The molecule has 0 aliphatic carbocycles. The molecular weight excluding hydrogens is 308 g/mol. The largest absolute Gasteiger partial charge is 0.465 e. The van der Waals surface area contributed by atoms with Crippen molar-refractivity contribution in [3.63, 3.8) is 0 Å². The second kappa shape index (κ2) is 4.84. The predicted octanol–water partition coefficient (Wildman–Crippen LogP) is 2.17. The van der Waals surface area contributed by atoms with Gasteiger partial charge in [-0.3, -0.25) is 0 Å². The quantitative estimate of drug-likeness (QED) is 0.879. The number of anilines is 2. The van der Waals surface area contributed by atoms with E-state index in [0.29, 0.717) is 15.3 Å². The molecule has 2 aromatic rings. The van der Waals surface area contributed by atoms with Crippen LogP contribution in [0.3, 0.4) is 0 Å². The number of aryl methyl sites for hydroxylation is 1. The molecule has 0 aliphatic heterocycles. The molecule has 0 aromatic carbocycles. The van der Waals surface area contributed by atoms with Crippen molar-refractivity contribution in [3.8, 4) is 0 Å². The van der Waals surface area contributed by atoms with E-state index in [-0.39, 0.29) is 5.97 Å². The molecule has 0 radical (unpaired) electrons. The highest BCUT2D eigenvalue weighted by molar-refractivity contribution is 9.10. The van der Waals surface area contributed by atoms with Crippen molar-refractivity contribution in [2.45, 2.75) is 0 Å². The van der Waals surface area contributed by atoms with Crippen molar-refractivity contribution in [1.29, 1.82) is 0 Å². The van der Waals surface area contributed by atoms with Gasteiger partial charge < -0.3 is 10.1 Å². The van der Waals surface area contributed by atoms with E-state index in [1.165, 1.54) is 23.2 Å². The van der Waals surface area contributed by atoms with Crippen molar-refractivity contribution in [3.05, 3.63) is 21.6 Å². The van der Waals surface area contributed by atoms with Crippen LogP contribution in [-0.2, 0) is 11.8 Å². The zero-order valence-electron chi connectivity index (χ0n) is 9.10. The summed E-state index contributed by atoms with van der Waals surface area (Å²) >= 11 is 4.57. The standard InChI is InChI=1S/C9H9BrN4O2S/c1-14-12-7(10)8(13-14)11-6-4-3-5(17-6)9(15)16-2/h3-4H,1-2H3,(H,11,13). The zero-order valence-corrected chi connectivity index (χ0v) is 11.5. The molecular formula is C9H9BrN4O2S. The van der Waals surface area contributed by atoms with Gasteiger partial charge in [-0.1, -0.05) is 0 Å². The van der Waals surface area contributed by atoms with Crippen LogP contribution in [0.15, 0.2) is 16.7 Å². The highest BCUT2D eigenvalue weighted by Crippen LogP contribution is 2.27. The van der Waals surface area contributed by atoms with E-state index in [4.69, 9.17) is 0 Å². The first-order chi connectivity index (χ1) is 8.10. The normalized spacial score (nSPS) is 10.3. The smallest absolute Gasteiger partial charge is 0.348 e. The summed E-state index contributed by atoms with van der Waals surface area (Å²) < 4.78 is 5.25. The number of halogens is 1. The molecule has 2 aromatic heterocycles. The van der Waals surface area contributed by atoms with Crippen LogP contribution in [0.25, 0.3) is 0 Å². The van der Waals surface area contributed by atoms with Gasteiger partial charge in [0.2, 0.25) is 0 Å². The maximum atomic E-state index is 11.3. The van der Waals surface area contributed by atoms with Crippen LogP contribution >= 0.6 is 27.3 Å². The average Bonchev–Trinajstić information content (AvgIpc) is 2.86. The molecule has 6 nitrogen and oxygen atoms in total. The Bertz CT molecular complexity index is 551. The molecule has 1 N–H and O–H groups in total. The number of nitrogens with one attached hydrogen (secondary N) is 1. The van der Waals surface area contributed by atoms with Gasteiger partial charge in [-0.05, 0) is 28.1 Å². The molecule has 2 rings (SSSR count). The van der Waals surface area contributed by atoms with E-state index in [1.807, 2.05) is 0 Å². The van der Waals surface area contributed by atoms with E-state index in [0.717, 1.165) is 5.00 Å². The molecule has 0 aliphatic rings. The van der Waals surface area contributed by atoms with Crippen LogP contribution in [0, 0.1) is 0 Å². The van der Waals surface area contributed by atoms with Crippen molar-refractivity contribution < 1.29 is 9.53 Å². The van der Waals surface area contributed by atoms with E-state index < -0.39 is 0 Å². The van der Waals surface area contributed by atoms with Gasteiger partial charge >= 0.3 is 5.97 Å². The lowest BCUT2D eigenvalue weighted by atomic mass is 10.5. The molecule has 2 heterocycles. The SMILES string of the molecule is COC(=O)c1ccc(Nc2nn(C)nc2Br)s1. The third-order valence-corrected chi connectivity index (χ3v) is 3.42. The number of thiophene rings is 1. The summed E-state index contributed by atoms with van der Waals surface area (Å²) in [4.78, 5) is 13.3. The van der Waals surface area contributed by atoms with E-state index >= 15 is 0 Å². The second-order valence-electron chi connectivity index (χ2n) is 3.11. The van der Waals surface area contributed by atoms with Crippen molar-refractivity contribution in [2.75, 3.05) is 12.4 Å². The summed E-state index contributed by atoms with van der Waals surface area (Å²) in [5.41, 5.74) is 0. The van der Waals surface area contributed by atoms with Crippen molar-refractivity contribution in [2.24, 2.45) is 7.05 Å². The van der Waals surface area contributed by atoms with Gasteiger partial charge in [0.25, 0.3) is 0 Å². The molecule has 0 spiro atoms. The Labute approximate surface area is 110 Å². The molecule has 0 unspecified atom stereocenters. The van der Waals surface area contributed by atoms with E-state index in [9.17, 15) is 4.79 Å². The minimum absolute atomic E-state index is 0.346. The van der Waals surface area contributed by atoms with Crippen LogP contribution < -0.4 is 5.32 Å². The summed E-state index contributed by atoms with van der Waals surface area (Å²) in [7, 11) is 3.08. The fraction of sp³-hybridized carbons (Fsp3) is 0.222. The summed E-state index contributed by atoms with van der Waals surface area (Å²) in [5, 5.41) is 12.0. The van der Waals surface area contributed by atoms with Crippen LogP contribution in [0.4, 0.5) is 10.8 Å². The number of nitrogens with zero attached hydrogens (tertiary/aromatic N) is 3. The maximum absolute atomic E-state index is 11.3. The number of carbonyl (C=O) groups is 1. The minimum Gasteiger partial charge on any atom is -0.465 e. The van der Waals surface area contributed by atoms with Gasteiger partial charge in [-0.25, -0.2) is 4.79 Å². The number of rotatable bonds is 3. The first-order valence-corrected chi connectivity index (χ1v) is 6.23. The monoisotopic (exact) mass is 316 g/mol. The van der Waals surface area contributed by atoms with Crippen LogP contribution in [0.5, 0.6) is 0 Å². The Kier molecular flexibility index (Phi) is 3.43.